The highest BCUT2D eigenvalue weighted by Gasteiger charge is 2.25. The van der Waals surface area contributed by atoms with Crippen molar-refractivity contribution in [1.29, 1.82) is 0 Å². The van der Waals surface area contributed by atoms with Gasteiger partial charge in [-0.2, -0.15) is 12.6 Å². The molecule has 1 saturated heterocycles. The van der Waals surface area contributed by atoms with Gasteiger partial charge in [-0.3, -0.25) is 4.79 Å². The number of rotatable bonds is 7. The molecule has 146 valence electrons. The number of aromatic hydroxyl groups is 1. The van der Waals surface area contributed by atoms with E-state index < -0.39 is 10.0 Å². The van der Waals surface area contributed by atoms with Crippen molar-refractivity contribution < 1.29 is 18.3 Å². The number of carbonyl (C=O) groups is 1. The van der Waals surface area contributed by atoms with Crippen LogP contribution < -0.4 is 10.0 Å². The van der Waals surface area contributed by atoms with Crippen molar-refractivity contribution in [2.75, 3.05) is 36.5 Å². The zero-order chi connectivity index (χ0) is 19.3. The van der Waals surface area contributed by atoms with E-state index in [4.69, 9.17) is 23.2 Å². The lowest BCUT2D eigenvalue weighted by molar-refractivity contribution is -0.130. The molecule has 0 bridgehead atoms. The van der Waals surface area contributed by atoms with E-state index in [1.54, 1.807) is 4.90 Å². The summed E-state index contributed by atoms with van der Waals surface area (Å²) >= 11 is 15.6. The molecule has 1 aliphatic heterocycles. The molecule has 0 spiro atoms. The van der Waals surface area contributed by atoms with Crippen molar-refractivity contribution in [3.8, 4) is 5.75 Å². The lowest BCUT2D eigenvalue weighted by Crippen LogP contribution is -2.48. The van der Waals surface area contributed by atoms with Crippen molar-refractivity contribution in [2.45, 2.75) is 18.9 Å². The van der Waals surface area contributed by atoms with Gasteiger partial charge in [0.15, 0.2) is 0 Å². The summed E-state index contributed by atoms with van der Waals surface area (Å²) in [5.74, 6) is 0.00306. The molecule has 0 atom stereocenters. The molecule has 0 saturated carbocycles. The second-order valence-corrected chi connectivity index (χ2v) is 9.09. The van der Waals surface area contributed by atoms with Crippen LogP contribution >= 0.6 is 35.8 Å². The molecule has 1 amide bonds. The Morgan fingerprint density at radius 2 is 1.88 bits per heavy atom. The maximum Gasteiger partial charge on any atom is 0.241 e. The number of thiol groups is 1. The molecule has 0 unspecified atom stereocenters. The molecule has 1 aromatic rings. The third-order valence-corrected chi connectivity index (χ3v) is 6.70. The average Bonchev–Trinajstić information content (AvgIpc) is 2.57. The minimum Gasteiger partial charge on any atom is -0.506 e. The van der Waals surface area contributed by atoms with Gasteiger partial charge < -0.3 is 15.3 Å². The molecule has 7 nitrogen and oxygen atoms in total. The minimum atomic E-state index is -3.32. The van der Waals surface area contributed by atoms with E-state index in [0.717, 1.165) is 0 Å². The number of benzene rings is 1. The first-order valence-electron chi connectivity index (χ1n) is 8.02. The molecular formula is C15H21Cl2N3O4S2. The van der Waals surface area contributed by atoms with Gasteiger partial charge in [0.25, 0.3) is 0 Å². The van der Waals surface area contributed by atoms with Crippen molar-refractivity contribution in [3.63, 3.8) is 0 Å². The summed E-state index contributed by atoms with van der Waals surface area (Å²) in [5.41, 5.74) is 0.321. The summed E-state index contributed by atoms with van der Waals surface area (Å²) in [4.78, 5) is 14.0. The first kappa shape index (κ1) is 21.4. The first-order chi connectivity index (χ1) is 12.2. The molecule has 3 N–H and O–H groups in total. The Bertz CT molecular complexity index is 754. The van der Waals surface area contributed by atoms with Gasteiger partial charge in [-0.15, -0.1) is 0 Å². The van der Waals surface area contributed by atoms with E-state index in [1.807, 2.05) is 0 Å². The summed E-state index contributed by atoms with van der Waals surface area (Å²) in [5, 5.41) is 13.2. The van der Waals surface area contributed by atoms with Crippen LogP contribution in [0.1, 0.15) is 12.8 Å². The quantitative estimate of drug-likeness (QED) is 0.382. The predicted octanol–water partition coefficient (Wildman–Crippen LogP) is 1.95. The maximum absolute atomic E-state index is 12.3. The van der Waals surface area contributed by atoms with Crippen LogP contribution in [0.2, 0.25) is 10.0 Å². The van der Waals surface area contributed by atoms with Crippen LogP contribution in [-0.4, -0.2) is 61.5 Å². The van der Waals surface area contributed by atoms with E-state index >= 15 is 0 Å². The Hall–Kier alpha value is -0.870. The third-order valence-electron chi connectivity index (χ3n) is 4.02. The Labute approximate surface area is 168 Å². The molecule has 0 aliphatic carbocycles. The highest BCUT2D eigenvalue weighted by Crippen LogP contribution is 2.33. The molecule has 0 radical (unpaired) electrons. The zero-order valence-electron chi connectivity index (χ0n) is 13.9. The predicted molar refractivity (Wildman–Crippen MR) is 107 cm³/mol. The van der Waals surface area contributed by atoms with E-state index in [2.05, 4.69) is 22.7 Å². The van der Waals surface area contributed by atoms with Gasteiger partial charge in [0.2, 0.25) is 15.9 Å². The normalized spacial score (nSPS) is 15.9. The van der Waals surface area contributed by atoms with Crippen LogP contribution in [0, 0.1) is 0 Å². The Balaban J connectivity index is 1.83. The largest absolute Gasteiger partial charge is 0.506 e. The number of likely N-dealkylation sites (tertiary alicyclic amines) is 1. The SMILES string of the molecule is O=C(CNc1cc(Cl)c(Cl)cc1O)N1CCC(NS(=O)(=O)CCS)CC1. The fourth-order valence-electron chi connectivity index (χ4n) is 2.64. The summed E-state index contributed by atoms with van der Waals surface area (Å²) < 4.78 is 26.2. The van der Waals surface area contributed by atoms with Gasteiger partial charge in [-0.1, -0.05) is 23.2 Å². The zero-order valence-corrected chi connectivity index (χ0v) is 17.1. The number of phenolic OH excluding ortho intramolecular Hbond substituents is 1. The summed E-state index contributed by atoms with van der Waals surface area (Å²) in [6.07, 6.45) is 1.10. The lowest BCUT2D eigenvalue weighted by atomic mass is 10.1. The molecule has 1 fully saturated rings. The van der Waals surface area contributed by atoms with Crippen LogP contribution in [0.5, 0.6) is 5.75 Å². The number of phenols is 1. The fraction of sp³-hybridized carbons (Fsp3) is 0.533. The number of anilines is 1. The van der Waals surface area contributed by atoms with Crippen molar-refractivity contribution in [1.82, 2.24) is 9.62 Å². The van der Waals surface area contributed by atoms with E-state index in [9.17, 15) is 18.3 Å². The Morgan fingerprint density at radius 1 is 1.27 bits per heavy atom. The number of nitrogens with zero attached hydrogens (tertiary/aromatic N) is 1. The number of hydrogen-bond acceptors (Lipinski definition) is 6. The van der Waals surface area contributed by atoms with E-state index in [1.165, 1.54) is 12.1 Å². The van der Waals surface area contributed by atoms with Crippen LogP contribution in [0.15, 0.2) is 12.1 Å². The summed E-state index contributed by atoms with van der Waals surface area (Å²) in [6, 6.07) is 2.59. The van der Waals surface area contributed by atoms with Crippen molar-refractivity contribution >= 4 is 57.4 Å². The van der Waals surface area contributed by atoms with Crippen molar-refractivity contribution in [2.24, 2.45) is 0 Å². The Morgan fingerprint density at radius 3 is 2.50 bits per heavy atom. The number of nitrogens with one attached hydrogen (secondary N) is 2. The number of halogens is 2. The first-order valence-corrected chi connectivity index (χ1v) is 11.1. The lowest BCUT2D eigenvalue weighted by Gasteiger charge is -2.32. The van der Waals surface area contributed by atoms with Crippen molar-refractivity contribution in [3.05, 3.63) is 22.2 Å². The molecule has 1 aliphatic rings. The van der Waals surface area contributed by atoms with E-state index in [0.29, 0.717) is 31.6 Å². The molecule has 2 rings (SSSR count). The van der Waals surface area contributed by atoms with Gasteiger partial charge in [-0.25, -0.2) is 13.1 Å². The minimum absolute atomic E-state index is 0.0123. The van der Waals surface area contributed by atoms with Gasteiger partial charge in [0.1, 0.15) is 5.75 Å². The number of sulfonamides is 1. The second kappa shape index (κ2) is 9.36. The smallest absolute Gasteiger partial charge is 0.241 e. The molecule has 26 heavy (non-hydrogen) atoms. The second-order valence-electron chi connectivity index (χ2n) is 5.95. The van der Waals surface area contributed by atoms with Crippen LogP contribution in [0.3, 0.4) is 0 Å². The monoisotopic (exact) mass is 441 g/mol. The standard InChI is InChI=1S/C15H21Cl2N3O4S2/c16-11-7-13(14(21)8-12(11)17)18-9-15(22)20-3-1-10(2-4-20)19-26(23,24)6-5-25/h7-8,10,18-19,21,25H,1-6,9H2. The maximum atomic E-state index is 12.3. The number of piperidine rings is 1. The Kier molecular flexibility index (Phi) is 7.72. The average molecular weight is 442 g/mol. The van der Waals surface area contributed by atoms with Gasteiger partial charge in [0, 0.05) is 31.0 Å². The summed E-state index contributed by atoms with van der Waals surface area (Å²) in [7, 11) is -3.32. The van der Waals surface area contributed by atoms with Crippen LogP contribution in [-0.2, 0) is 14.8 Å². The number of amides is 1. The van der Waals surface area contributed by atoms with Gasteiger partial charge >= 0.3 is 0 Å². The topological polar surface area (TPSA) is 98.7 Å². The van der Waals surface area contributed by atoms with Gasteiger partial charge in [0.05, 0.1) is 28.0 Å². The molecule has 1 aromatic carbocycles. The van der Waals surface area contributed by atoms with Gasteiger partial charge in [-0.05, 0) is 18.9 Å². The number of carbonyl (C=O) groups excluding carboxylic acids is 1. The van der Waals surface area contributed by atoms with Crippen LogP contribution in [0.4, 0.5) is 5.69 Å². The highest BCUT2D eigenvalue weighted by atomic mass is 35.5. The van der Waals surface area contributed by atoms with Crippen LogP contribution in [0.25, 0.3) is 0 Å². The molecule has 11 heteroatoms. The molecular weight excluding hydrogens is 421 g/mol. The molecule has 1 heterocycles. The highest BCUT2D eigenvalue weighted by molar-refractivity contribution is 7.90. The third kappa shape index (κ3) is 6.09. The van der Waals surface area contributed by atoms with E-state index in [-0.39, 0.29) is 45.8 Å². The molecule has 0 aromatic heterocycles. The summed E-state index contributed by atoms with van der Waals surface area (Å²) in [6.45, 7) is 0.908. The fourth-order valence-corrected chi connectivity index (χ4v) is 4.78. The number of hydrogen-bond donors (Lipinski definition) is 4.